The van der Waals surface area contributed by atoms with Gasteiger partial charge in [0.1, 0.15) is 28.9 Å². The average molecular weight is 416 g/mol. The molecule has 6 nitrogen and oxygen atoms in total. The molecular formula is C21H21FN2O4S. The summed E-state index contributed by atoms with van der Waals surface area (Å²) in [5, 5.41) is 0.470. The minimum absolute atomic E-state index is 0.00496. The van der Waals surface area contributed by atoms with E-state index in [0.29, 0.717) is 42.4 Å². The first-order chi connectivity index (χ1) is 14.1. The third-order valence-corrected chi connectivity index (χ3v) is 5.75. The summed E-state index contributed by atoms with van der Waals surface area (Å²) in [4.78, 5) is 18.4. The van der Waals surface area contributed by atoms with Gasteiger partial charge in [0.2, 0.25) is 0 Å². The van der Waals surface area contributed by atoms with Crippen LogP contribution in [0.2, 0.25) is 0 Å². The molecule has 2 aromatic carbocycles. The van der Waals surface area contributed by atoms with Gasteiger partial charge in [-0.15, -0.1) is 0 Å². The number of fused-ring (bicyclic) bond motifs is 1. The lowest BCUT2D eigenvalue weighted by Crippen LogP contribution is -2.43. The summed E-state index contributed by atoms with van der Waals surface area (Å²) in [6.45, 7) is 1.18. The van der Waals surface area contributed by atoms with Crippen molar-refractivity contribution in [1.29, 1.82) is 0 Å². The number of para-hydroxylation sites is 1. The summed E-state index contributed by atoms with van der Waals surface area (Å²) in [7, 11) is 1.60. The van der Waals surface area contributed by atoms with Gasteiger partial charge in [0.25, 0.3) is 11.1 Å². The van der Waals surface area contributed by atoms with Gasteiger partial charge in [-0.05, 0) is 36.4 Å². The summed E-state index contributed by atoms with van der Waals surface area (Å²) >= 11 is 1.34. The number of methoxy groups -OCH3 is 1. The van der Waals surface area contributed by atoms with Crippen LogP contribution in [-0.2, 0) is 4.79 Å². The molecule has 1 aliphatic rings. The zero-order valence-corrected chi connectivity index (χ0v) is 16.8. The third kappa shape index (κ3) is 4.59. The molecule has 0 N–H and O–H groups in total. The highest BCUT2D eigenvalue weighted by atomic mass is 32.1. The summed E-state index contributed by atoms with van der Waals surface area (Å²) in [5.74, 6) is 0.967. The van der Waals surface area contributed by atoms with Crippen LogP contribution in [0.1, 0.15) is 12.8 Å². The highest BCUT2D eigenvalue weighted by Crippen LogP contribution is 2.31. The van der Waals surface area contributed by atoms with E-state index in [-0.39, 0.29) is 24.4 Å². The van der Waals surface area contributed by atoms with Crippen molar-refractivity contribution in [3.8, 4) is 16.7 Å². The van der Waals surface area contributed by atoms with Gasteiger partial charge in [0.15, 0.2) is 6.61 Å². The van der Waals surface area contributed by atoms with Gasteiger partial charge >= 0.3 is 0 Å². The van der Waals surface area contributed by atoms with Crippen molar-refractivity contribution in [3.05, 3.63) is 48.3 Å². The van der Waals surface area contributed by atoms with Gasteiger partial charge in [-0.2, -0.15) is 4.98 Å². The Morgan fingerprint density at radius 1 is 1.17 bits per heavy atom. The van der Waals surface area contributed by atoms with Crippen LogP contribution in [0.3, 0.4) is 0 Å². The Morgan fingerprint density at radius 3 is 2.59 bits per heavy atom. The van der Waals surface area contributed by atoms with Crippen LogP contribution < -0.4 is 14.2 Å². The number of carbonyl (C=O) groups is 1. The van der Waals surface area contributed by atoms with E-state index in [4.69, 9.17) is 14.2 Å². The molecule has 1 aromatic heterocycles. The molecule has 0 spiro atoms. The molecule has 8 heteroatoms. The molecule has 0 bridgehead atoms. The largest absolute Gasteiger partial charge is 0.497 e. The summed E-state index contributed by atoms with van der Waals surface area (Å²) in [6.07, 6.45) is 1.37. The lowest BCUT2D eigenvalue weighted by atomic mass is 10.1. The molecule has 3 aromatic rings. The Morgan fingerprint density at radius 2 is 1.90 bits per heavy atom. The number of nitrogens with zero attached hydrogens (tertiary/aromatic N) is 2. The van der Waals surface area contributed by atoms with Gasteiger partial charge in [-0.1, -0.05) is 17.4 Å². The first-order valence-corrected chi connectivity index (χ1v) is 10.2. The maximum atomic E-state index is 13.8. The molecule has 0 saturated carbocycles. The van der Waals surface area contributed by atoms with Crippen LogP contribution in [0.15, 0.2) is 42.5 Å². The highest BCUT2D eigenvalue weighted by Gasteiger charge is 2.25. The zero-order valence-electron chi connectivity index (χ0n) is 16.0. The van der Waals surface area contributed by atoms with Crippen LogP contribution in [0.4, 0.5) is 4.39 Å². The first kappa shape index (κ1) is 19.4. The molecule has 1 amide bonds. The van der Waals surface area contributed by atoms with Crippen molar-refractivity contribution in [2.75, 3.05) is 26.8 Å². The van der Waals surface area contributed by atoms with Crippen LogP contribution in [0.25, 0.3) is 10.2 Å². The number of hydrogen-bond acceptors (Lipinski definition) is 6. The number of thiazole rings is 1. The topological polar surface area (TPSA) is 60.9 Å². The highest BCUT2D eigenvalue weighted by molar-refractivity contribution is 7.20. The van der Waals surface area contributed by atoms with Crippen molar-refractivity contribution in [2.24, 2.45) is 0 Å². The quantitative estimate of drug-likeness (QED) is 0.610. The molecule has 2 heterocycles. The number of hydrogen-bond donors (Lipinski definition) is 0. The SMILES string of the molecule is COc1ccc(OCC(=O)N2CCC(Oc3nc4c(F)cccc4s3)CC2)cc1. The Hall–Kier alpha value is -2.87. The number of halogens is 1. The van der Waals surface area contributed by atoms with Gasteiger partial charge in [-0.3, -0.25) is 4.79 Å². The van der Waals surface area contributed by atoms with Crippen LogP contribution in [-0.4, -0.2) is 48.7 Å². The molecule has 0 radical (unpaired) electrons. The first-order valence-electron chi connectivity index (χ1n) is 9.39. The maximum absolute atomic E-state index is 13.8. The second kappa shape index (κ2) is 8.65. The monoisotopic (exact) mass is 416 g/mol. The van der Waals surface area contributed by atoms with Crippen LogP contribution in [0, 0.1) is 5.82 Å². The van der Waals surface area contributed by atoms with Gasteiger partial charge in [0.05, 0.1) is 11.8 Å². The smallest absolute Gasteiger partial charge is 0.274 e. The molecule has 29 heavy (non-hydrogen) atoms. The summed E-state index contributed by atoms with van der Waals surface area (Å²) < 4.78 is 31.1. The van der Waals surface area contributed by atoms with Crippen molar-refractivity contribution in [3.63, 3.8) is 0 Å². The molecule has 0 atom stereocenters. The predicted molar refractivity (Wildman–Crippen MR) is 108 cm³/mol. The number of rotatable bonds is 6. The fraction of sp³-hybridized carbons (Fsp3) is 0.333. The number of ether oxygens (including phenoxy) is 3. The summed E-state index contributed by atoms with van der Waals surface area (Å²) in [6, 6.07) is 12.0. The Bertz CT molecular complexity index is 984. The number of aromatic nitrogens is 1. The normalized spacial score (nSPS) is 14.8. The standard InChI is InChI=1S/C21H21FN2O4S/c1-26-14-5-7-15(8-6-14)27-13-19(25)24-11-9-16(10-12-24)28-21-23-20-17(22)3-2-4-18(20)29-21/h2-8,16H,9-13H2,1H3. The van der Waals surface area contributed by atoms with E-state index >= 15 is 0 Å². The van der Waals surface area contributed by atoms with E-state index in [0.717, 1.165) is 10.4 Å². The van der Waals surface area contributed by atoms with E-state index < -0.39 is 0 Å². The summed E-state index contributed by atoms with van der Waals surface area (Å²) in [5.41, 5.74) is 0.343. The van der Waals surface area contributed by atoms with Crippen molar-refractivity contribution in [2.45, 2.75) is 18.9 Å². The predicted octanol–water partition coefficient (Wildman–Crippen LogP) is 3.89. The van der Waals surface area contributed by atoms with Gasteiger partial charge in [0, 0.05) is 25.9 Å². The van der Waals surface area contributed by atoms with Gasteiger partial charge in [-0.25, -0.2) is 4.39 Å². The fourth-order valence-electron chi connectivity index (χ4n) is 3.22. The molecule has 4 rings (SSSR count). The molecule has 1 aliphatic heterocycles. The van der Waals surface area contributed by atoms with Crippen molar-refractivity contribution >= 4 is 27.5 Å². The maximum Gasteiger partial charge on any atom is 0.274 e. The third-order valence-electron chi connectivity index (χ3n) is 4.83. The molecule has 0 unspecified atom stereocenters. The molecule has 1 saturated heterocycles. The number of piperidine rings is 1. The number of likely N-dealkylation sites (tertiary alicyclic amines) is 1. The Labute approximate surface area is 171 Å². The number of carbonyl (C=O) groups excluding carboxylic acids is 1. The van der Waals surface area contributed by atoms with E-state index in [2.05, 4.69) is 4.98 Å². The lowest BCUT2D eigenvalue weighted by molar-refractivity contribution is -0.135. The number of amides is 1. The van der Waals surface area contributed by atoms with E-state index in [1.54, 1.807) is 42.3 Å². The minimum Gasteiger partial charge on any atom is -0.497 e. The van der Waals surface area contributed by atoms with Crippen LogP contribution in [0.5, 0.6) is 16.7 Å². The molecule has 1 fully saturated rings. The second-order valence-corrected chi connectivity index (χ2v) is 7.72. The van der Waals surface area contributed by atoms with E-state index in [9.17, 15) is 9.18 Å². The lowest BCUT2D eigenvalue weighted by Gasteiger charge is -2.31. The molecule has 152 valence electrons. The molecule has 0 aliphatic carbocycles. The van der Waals surface area contributed by atoms with Crippen molar-refractivity contribution < 1.29 is 23.4 Å². The average Bonchev–Trinajstić information content (AvgIpc) is 3.17. The Kier molecular flexibility index (Phi) is 5.80. The second-order valence-electron chi connectivity index (χ2n) is 6.73. The fourth-order valence-corrected chi connectivity index (χ4v) is 4.11. The van der Waals surface area contributed by atoms with Crippen molar-refractivity contribution in [1.82, 2.24) is 9.88 Å². The van der Waals surface area contributed by atoms with Crippen LogP contribution >= 0.6 is 11.3 Å². The zero-order chi connectivity index (χ0) is 20.2. The Balaban J connectivity index is 1.25. The van der Waals surface area contributed by atoms with E-state index in [1.165, 1.54) is 17.4 Å². The molecular weight excluding hydrogens is 395 g/mol. The minimum atomic E-state index is -0.342. The van der Waals surface area contributed by atoms with Gasteiger partial charge < -0.3 is 19.1 Å². The number of benzene rings is 2. The van der Waals surface area contributed by atoms with E-state index in [1.807, 2.05) is 6.07 Å².